The number of nitrogens with zero attached hydrogens (tertiary/aromatic N) is 3. The lowest BCUT2D eigenvalue weighted by Gasteiger charge is -2.14. The molecule has 0 aliphatic rings. The second-order valence-corrected chi connectivity index (χ2v) is 5.86. The first kappa shape index (κ1) is 16.6. The predicted octanol–water partition coefficient (Wildman–Crippen LogP) is 2.82. The number of hydrogen-bond acceptors (Lipinski definition) is 6. The van der Waals surface area contributed by atoms with Crippen LogP contribution in [0.1, 0.15) is 12.8 Å². The first-order valence-electron chi connectivity index (χ1n) is 7.25. The summed E-state index contributed by atoms with van der Waals surface area (Å²) in [6, 6.07) is 9.75. The van der Waals surface area contributed by atoms with Crippen LogP contribution in [0.2, 0.25) is 0 Å². The Kier molecular flexibility index (Phi) is 6.03. The molecule has 118 valence electrons. The molecule has 1 atom stereocenters. The summed E-state index contributed by atoms with van der Waals surface area (Å²) in [4.78, 5) is 6.46. The molecule has 2 rings (SSSR count). The standard InChI is InChI=1S/C16H21N3O2S/c1-12(16(22)20-10-9-19(2)3)11-14-17-15(18-21-14)13-7-5-4-6-8-13/h4-8,12H,9-11H2,1-3H3/t12-/m0/s1. The number of thiocarbonyl (C=S) groups is 1. The van der Waals surface area contributed by atoms with Gasteiger partial charge >= 0.3 is 0 Å². The molecule has 0 spiro atoms. The Labute approximate surface area is 136 Å². The molecule has 1 heterocycles. The Morgan fingerprint density at radius 2 is 2.05 bits per heavy atom. The van der Waals surface area contributed by atoms with Crippen molar-refractivity contribution in [2.75, 3.05) is 27.2 Å². The summed E-state index contributed by atoms with van der Waals surface area (Å²) in [5, 5.41) is 4.59. The number of likely N-dealkylation sites (N-methyl/N-ethyl adjacent to an activating group) is 1. The van der Waals surface area contributed by atoms with Gasteiger partial charge in [0.2, 0.25) is 11.7 Å². The van der Waals surface area contributed by atoms with Crippen molar-refractivity contribution in [1.82, 2.24) is 15.0 Å². The largest absolute Gasteiger partial charge is 0.485 e. The monoisotopic (exact) mass is 319 g/mol. The predicted molar refractivity (Wildman–Crippen MR) is 89.7 cm³/mol. The molecular weight excluding hydrogens is 298 g/mol. The van der Waals surface area contributed by atoms with E-state index in [4.69, 9.17) is 21.5 Å². The van der Waals surface area contributed by atoms with Gasteiger partial charge in [-0.05, 0) is 26.3 Å². The number of rotatable bonds is 7. The molecule has 0 saturated carbocycles. The molecule has 0 radical (unpaired) electrons. The molecule has 6 heteroatoms. The summed E-state index contributed by atoms with van der Waals surface area (Å²) in [6.45, 7) is 3.44. The summed E-state index contributed by atoms with van der Waals surface area (Å²) in [7, 11) is 4.00. The third kappa shape index (κ3) is 4.89. The van der Waals surface area contributed by atoms with Crippen molar-refractivity contribution in [3.8, 4) is 11.4 Å². The number of aromatic nitrogens is 2. The number of ether oxygens (including phenoxy) is 1. The van der Waals surface area contributed by atoms with Crippen molar-refractivity contribution >= 4 is 17.3 Å². The fourth-order valence-corrected chi connectivity index (χ4v) is 2.03. The van der Waals surface area contributed by atoms with Crippen LogP contribution in [0.5, 0.6) is 0 Å². The molecule has 0 saturated heterocycles. The van der Waals surface area contributed by atoms with Gasteiger partial charge in [-0.2, -0.15) is 4.98 Å². The summed E-state index contributed by atoms with van der Waals surface area (Å²) in [5.74, 6) is 1.23. The van der Waals surface area contributed by atoms with Crippen LogP contribution in [0.25, 0.3) is 11.4 Å². The van der Waals surface area contributed by atoms with Crippen molar-refractivity contribution in [3.63, 3.8) is 0 Å². The summed E-state index contributed by atoms with van der Waals surface area (Å²) >= 11 is 5.30. The highest BCUT2D eigenvalue weighted by Crippen LogP contribution is 2.17. The fourth-order valence-electron chi connectivity index (χ4n) is 1.86. The van der Waals surface area contributed by atoms with E-state index < -0.39 is 0 Å². The van der Waals surface area contributed by atoms with E-state index in [9.17, 15) is 0 Å². The lowest BCUT2D eigenvalue weighted by atomic mass is 10.1. The minimum absolute atomic E-state index is 0.0567. The Morgan fingerprint density at radius 1 is 1.32 bits per heavy atom. The van der Waals surface area contributed by atoms with Gasteiger partial charge in [0.15, 0.2) is 5.05 Å². The quantitative estimate of drug-likeness (QED) is 0.732. The minimum atomic E-state index is 0.0567. The lowest BCUT2D eigenvalue weighted by Crippen LogP contribution is -2.22. The maximum Gasteiger partial charge on any atom is 0.227 e. The molecule has 1 aromatic carbocycles. The summed E-state index contributed by atoms with van der Waals surface area (Å²) in [6.07, 6.45) is 0.584. The van der Waals surface area contributed by atoms with Gasteiger partial charge < -0.3 is 14.2 Å². The average Bonchev–Trinajstić information content (AvgIpc) is 2.96. The van der Waals surface area contributed by atoms with Crippen LogP contribution in [0.15, 0.2) is 34.9 Å². The molecule has 1 aromatic heterocycles. The molecule has 0 aliphatic carbocycles. The topological polar surface area (TPSA) is 51.4 Å². The van der Waals surface area contributed by atoms with Crippen molar-refractivity contribution in [2.24, 2.45) is 5.92 Å². The molecular formula is C16H21N3O2S. The molecule has 0 N–H and O–H groups in total. The van der Waals surface area contributed by atoms with Crippen LogP contribution in [0.3, 0.4) is 0 Å². The summed E-state index contributed by atoms with van der Waals surface area (Å²) < 4.78 is 10.9. The highest BCUT2D eigenvalue weighted by Gasteiger charge is 2.16. The molecule has 2 aromatic rings. The van der Waals surface area contributed by atoms with Crippen molar-refractivity contribution in [2.45, 2.75) is 13.3 Å². The summed E-state index contributed by atoms with van der Waals surface area (Å²) in [5.41, 5.74) is 0.940. The van der Waals surface area contributed by atoms with Gasteiger partial charge in [0.25, 0.3) is 0 Å². The van der Waals surface area contributed by atoms with E-state index in [0.29, 0.717) is 29.8 Å². The average molecular weight is 319 g/mol. The lowest BCUT2D eigenvalue weighted by molar-refractivity contribution is 0.242. The van der Waals surface area contributed by atoms with Crippen LogP contribution in [0, 0.1) is 5.92 Å². The molecule has 0 unspecified atom stereocenters. The van der Waals surface area contributed by atoms with Crippen molar-refractivity contribution in [3.05, 3.63) is 36.2 Å². The second-order valence-electron chi connectivity index (χ2n) is 5.45. The Balaban J connectivity index is 1.88. The Bertz CT molecular complexity index is 598. The van der Waals surface area contributed by atoms with E-state index in [1.54, 1.807) is 0 Å². The number of benzene rings is 1. The van der Waals surface area contributed by atoms with Crippen LogP contribution < -0.4 is 0 Å². The van der Waals surface area contributed by atoms with Gasteiger partial charge in [-0.3, -0.25) is 0 Å². The zero-order chi connectivity index (χ0) is 15.9. The van der Waals surface area contributed by atoms with Crippen LogP contribution >= 0.6 is 12.2 Å². The van der Waals surface area contributed by atoms with Gasteiger partial charge in [0.1, 0.15) is 6.61 Å². The minimum Gasteiger partial charge on any atom is -0.485 e. The smallest absolute Gasteiger partial charge is 0.227 e. The maximum absolute atomic E-state index is 5.58. The normalized spacial score (nSPS) is 12.4. The number of hydrogen-bond donors (Lipinski definition) is 0. The van der Waals surface area contributed by atoms with E-state index in [-0.39, 0.29) is 5.92 Å². The van der Waals surface area contributed by atoms with E-state index in [0.717, 1.165) is 12.1 Å². The van der Waals surface area contributed by atoms with Gasteiger partial charge in [-0.1, -0.05) is 42.4 Å². The third-order valence-corrected chi connectivity index (χ3v) is 3.69. The second kappa shape index (κ2) is 8.00. The van der Waals surface area contributed by atoms with Crippen LogP contribution in [-0.4, -0.2) is 47.3 Å². The van der Waals surface area contributed by atoms with E-state index in [1.807, 2.05) is 51.4 Å². The van der Waals surface area contributed by atoms with E-state index in [2.05, 4.69) is 15.0 Å². The third-order valence-electron chi connectivity index (χ3n) is 3.17. The molecule has 0 aliphatic heterocycles. The molecule has 0 fully saturated rings. The first-order chi connectivity index (χ1) is 10.6. The maximum atomic E-state index is 5.58. The van der Waals surface area contributed by atoms with Crippen molar-refractivity contribution in [1.29, 1.82) is 0 Å². The molecule has 0 amide bonds. The van der Waals surface area contributed by atoms with Crippen LogP contribution in [-0.2, 0) is 11.2 Å². The Hall–Kier alpha value is -1.79. The van der Waals surface area contributed by atoms with Gasteiger partial charge in [0, 0.05) is 24.4 Å². The molecule has 5 nitrogen and oxygen atoms in total. The zero-order valence-electron chi connectivity index (χ0n) is 13.2. The fraction of sp³-hybridized carbons (Fsp3) is 0.438. The molecule has 0 bridgehead atoms. The molecule has 22 heavy (non-hydrogen) atoms. The zero-order valence-corrected chi connectivity index (χ0v) is 14.0. The van der Waals surface area contributed by atoms with Crippen LogP contribution in [0.4, 0.5) is 0 Å². The van der Waals surface area contributed by atoms with Gasteiger partial charge in [-0.25, -0.2) is 0 Å². The van der Waals surface area contributed by atoms with E-state index in [1.165, 1.54) is 0 Å². The highest BCUT2D eigenvalue weighted by atomic mass is 32.1. The van der Waals surface area contributed by atoms with Gasteiger partial charge in [0.05, 0.1) is 0 Å². The van der Waals surface area contributed by atoms with E-state index >= 15 is 0 Å². The SMILES string of the molecule is C[C@@H](Cc1nc(-c2ccccc2)no1)C(=S)OCCN(C)C. The first-order valence-corrected chi connectivity index (χ1v) is 7.66. The highest BCUT2D eigenvalue weighted by molar-refractivity contribution is 7.80. The Morgan fingerprint density at radius 3 is 2.73 bits per heavy atom. The van der Waals surface area contributed by atoms with Crippen molar-refractivity contribution < 1.29 is 9.26 Å². The van der Waals surface area contributed by atoms with Gasteiger partial charge in [-0.15, -0.1) is 0 Å².